The van der Waals surface area contributed by atoms with Crippen molar-refractivity contribution in [2.24, 2.45) is 12.8 Å². The third-order valence-electron chi connectivity index (χ3n) is 2.42. The van der Waals surface area contributed by atoms with Crippen LogP contribution >= 0.6 is 0 Å². The number of aromatic nitrogens is 3. The second-order valence-corrected chi connectivity index (χ2v) is 3.60. The molecule has 0 saturated heterocycles. The first-order chi connectivity index (χ1) is 7.18. The molecule has 4 nitrogen and oxygen atoms in total. The predicted octanol–water partition coefficient (Wildman–Crippen LogP) is 1.17. The van der Waals surface area contributed by atoms with Gasteiger partial charge in [0.2, 0.25) is 0 Å². The molecule has 1 unspecified atom stereocenters. The zero-order valence-electron chi connectivity index (χ0n) is 8.88. The summed E-state index contributed by atoms with van der Waals surface area (Å²) in [5.74, 6) is 0.862. The fourth-order valence-electron chi connectivity index (χ4n) is 1.59. The summed E-state index contributed by atoms with van der Waals surface area (Å²) in [5.41, 5.74) is 8.13. The van der Waals surface area contributed by atoms with E-state index in [2.05, 4.69) is 9.97 Å². The fourth-order valence-corrected chi connectivity index (χ4v) is 1.59. The molecule has 1 atom stereocenters. The van der Waals surface area contributed by atoms with Gasteiger partial charge in [-0.1, -0.05) is 0 Å². The Balaban J connectivity index is 2.36. The van der Waals surface area contributed by atoms with Gasteiger partial charge in [0.1, 0.15) is 5.82 Å². The second kappa shape index (κ2) is 3.82. The van der Waals surface area contributed by atoms with E-state index in [-0.39, 0.29) is 6.04 Å². The highest BCUT2D eigenvalue weighted by atomic mass is 15.1. The Labute approximate surface area is 88.8 Å². The molecule has 0 aliphatic carbocycles. The Kier molecular flexibility index (Phi) is 2.51. The minimum absolute atomic E-state index is 0.188. The lowest BCUT2D eigenvalue weighted by Crippen LogP contribution is -2.16. The summed E-state index contributed by atoms with van der Waals surface area (Å²) in [5, 5.41) is 0. The molecular formula is C11H14N4. The number of hydrogen-bond donors (Lipinski definition) is 1. The Morgan fingerprint density at radius 1 is 1.33 bits per heavy atom. The van der Waals surface area contributed by atoms with Crippen molar-refractivity contribution in [3.05, 3.63) is 47.8 Å². The third kappa shape index (κ3) is 1.89. The number of aryl methyl sites for hydroxylation is 2. The molecule has 0 spiro atoms. The van der Waals surface area contributed by atoms with Crippen LogP contribution in [0.3, 0.4) is 0 Å². The van der Waals surface area contributed by atoms with Crippen molar-refractivity contribution in [1.29, 1.82) is 0 Å². The quantitative estimate of drug-likeness (QED) is 0.795. The van der Waals surface area contributed by atoms with Crippen molar-refractivity contribution in [3.8, 4) is 0 Å². The van der Waals surface area contributed by atoms with Crippen molar-refractivity contribution in [1.82, 2.24) is 14.5 Å². The molecule has 0 saturated carbocycles. The molecule has 0 aliphatic heterocycles. The Hall–Kier alpha value is -1.68. The lowest BCUT2D eigenvalue weighted by atomic mass is 10.1. The minimum atomic E-state index is -0.188. The number of rotatable bonds is 2. The van der Waals surface area contributed by atoms with Gasteiger partial charge in [0.25, 0.3) is 0 Å². The van der Waals surface area contributed by atoms with Gasteiger partial charge >= 0.3 is 0 Å². The van der Waals surface area contributed by atoms with E-state index in [1.54, 1.807) is 12.4 Å². The fraction of sp³-hybridized carbons (Fsp3) is 0.273. The van der Waals surface area contributed by atoms with Crippen LogP contribution in [0.4, 0.5) is 0 Å². The Bertz CT molecular complexity index is 461. The van der Waals surface area contributed by atoms with E-state index in [9.17, 15) is 0 Å². The van der Waals surface area contributed by atoms with Crippen molar-refractivity contribution < 1.29 is 0 Å². The van der Waals surface area contributed by atoms with Gasteiger partial charge < -0.3 is 10.3 Å². The van der Waals surface area contributed by atoms with Crippen LogP contribution < -0.4 is 5.73 Å². The van der Waals surface area contributed by atoms with E-state index >= 15 is 0 Å². The molecule has 0 fully saturated rings. The SMILES string of the molecule is Cc1cc(C(N)c2nccn2C)ccn1. The number of nitrogens with two attached hydrogens (primary N) is 1. The normalized spacial score (nSPS) is 12.7. The van der Waals surface area contributed by atoms with E-state index in [4.69, 9.17) is 5.73 Å². The summed E-state index contributed by atoms with van der Waals surface area (Å²) in [4.78, 5) is 8.38. The van der Waals surface area contributed by atoms with E-state index in [0.717, 1.165) is 17.1 Å². The average molecular weight is 202 g/mol. The van der Waals surface area contributed by atoms with Crippen molar-refractivity contribution in [2.75, 3.05) is 0 Å². The summed E-state index contributed by atoms with van der Waals surface area (Å²) in [6, 6.07) is 3.72. The number of pyridine rings is 1. The maximum Gasteiger partial charge on any atom is 0.129 e. The van der Waals surface area contributed by atoms with Crippen LogP contribution in [0.5, 0.6) is 0 Å². The summed E-state index contributed by atoms with van der Waals surface area (Å²) in [7, 11) is 1.94. The highest BCUT2D eigenvalue weighted by Crippen LogP contribution is 2.17. The van der Waals surface area contributed by atoms with Gasteiger partial charge in [0.05, 0.1) is 6.04 Å². The molecule has 4 heteroatoms. The zero-order chi connectivity index (χ0) is 10.8. The number of hydrogen-bond acceptors (Lipinski definition) is 3. The van der Waals surface area contributed by atoms with E-state index < -0.39 is 0 Å². The minimum Gasteiger partial charge on any atom is -0.336 e. The van der Waals surface area contributed by atoms with Gasteiger partial charge in [0, 0.05) is 31.3 Å². The monoisotopic (exact) mass is 202 g/mol. The Morgan fingerprint density at radius 2 is 2.13 bits per heavy atom. The van der Waals surface area contributed by atoms with Crippen LogP contribution in [0.2, 0.25) is 0 Å². The van der Waals surface area contributed by atoms with Crippen molar-refractivity contribution in [3.63, 3.8) is 0 Å². The summed E-state index contributed by atoms with van der Waals surface area (Å²) in [6.45, 7) is 1.95. The van der Waals surface area contributed by atoms with Gasteiger partial charge in [-0.25, -0.2) is 4.98 Å². The van der Waals surface area contributed by atoms with Gasteiger partial charge in [-0.2, -0.15) is 0 Å². The van der Waals surface area contributed by atoms with Crippen LogP contribution in [0.15, 0.2) is 30.7 Å². The zero-order valence-corrected chi connectivity index (χ0v) is 8.88. The summed E-state index contributed by atoms with van der Waals surface area (Å²) in [6.07, 6.45) is 5.42. The van der Waals surface area contributed by atoms with Gasteiger partial charge in [-0.15, -0.1) is 0 Å². The molecule has 0 bridgehead atoms. The highest BCUT2D eigenvalue weighted by molar-refractivity contribution is 5.24. The maximum atomic E-state index is 6.12. The van der Waals surface area contributed by atoms with E-state index in [1.807, 2.05) is 36.9 Å². The summed E-state index contributed by atoms with van der Waals surface area (Å²) < 4.78 is 1.93. The van der Waals surface area contributed by atoms with Gasteiger partial charge in [0.15, 0.2) is 0 Å². The predicted molar refractivity (Wildman–Crippen MR) is 58.2 cm³/mol. The smallest absolute Gasteiger partial charge is 0.129 e. The molecule has 2 aromatic rings. The van der Waals surface area contributed by atoms with Crippen LogP contribution in [0, 0.1) is 6.92 Å². The first kappa shape index (κ1) is 9.86. The molecule has 2 N–H and O–H groups in total. The van der Waals surface area contributed by atoms with Gasteiger partial charge in [-0.3, -0.25) is 4.98 Å². The lowest BCUT2D eigenvalue weighted by molar-refractivity contribution is 0.715. The molecule has 15 heavy (non-hydrogen) atoms. The van der Waals surface area contributed by atoms with Crippen LogP contribution in [0.1, 0.15) is 23.1 Å². The third-order valence-corrected chi connectivity index (χ3v) is 2.42. The first-order valence-corrected chi connectivity index (χ1v) is 4.84. The number of imidazole rings is 1. The molecule has 2 aromatic heterocycles. The average Bonchev–Trinajstić information content (AvgIpc) is 2.63. The maximum absolute atomic E-state index is 6.12. The van der Waals surface area contributed by atoms with Crippen LogP contribution in [-0.2, 0) is 7.05 Å². The highest BCUT2D eigenvalue weighted by Gasteiger charge is 2.12. The largest absolute Gasteiger partial charge is 0.336 e. The molecule has 78 valence electrons. The van der Waals surface area contributed by atoms with E-state index in [0.29, 0.717) is 0 Å². The lowest BCUT2D eigenvalue weighted by Gasteiger charge is -2.12. The molecule has 0 aliphatic rings. The first-order valence-electron chi connectivity index (χ1n) is 4.84. The topological polar surface area (TPSA) is 56.7 Å². The van der Waals surface area contributed by atoms with Crippen LogP contribution in [0.25, 0.3) is 0 Å². The molecular weight excluding hydrogens is 188 g/mol. The summed E-state index contributed by atoms with van der Waals surface area (Å²) >= 11 is 0. The van der Waals surface area contributed by atoms with E-state index in [1.165, 1.54) is 0 Å². The van der Waals surface area contributed by atoms with Crippen molar-refractivity contribution >= 4 is 0 Å². The molecule has 2 rings (SSSR count). The second-order valence-electron chi connectivity index (χ2n) is 3.60. The number of nitrogens with zero attached hydrogens (tertiary/aromatic N) is 3. The molecule has 2 heterocycles. The molecule has 0 radical (unpaired) electrons. The van der Waals surface area contributed by atoms with Gasteiger partial charge in [-0.05, 0) is 24.6 Å². The standard InChI is InChI=1S/C11H14N4/c1-8-7-9(3-4-13-8)10(12)11-14-5-6-15(11)2/h3-7,10H,12H2,1-2H3. The molecule has 0 amide bonds. The van der Waals surface area contributed by atoms with Crippen LogP contribution in [-0.4, -0.2) is 14.5 Å². The molecule has 0 aromatic carbocycles. The Morgan fingerprint density at radius 3 is 2.73 bits per heavy atom. The van der Waals surface area contributed by atoms with Crippen molar-refractivity contribution in [2.45, 2.75) is 13.0 Å².